The van der Waals surface area contributed by atoms with Crippen LogP contribution in [0, 0.1) is 6.92 Å². The summed E-state index contributed by atoms with van der Waals surface area (Å²) in [5, 5.41) is 6.75. The molecule has 24 heavy (non-hydrogen) atoms. The molecule has 1 atom stereocenters. The lowest BCUT2D eigenvalue weighted by atomic mass is 9.92. The summed E-state index contributed by atoms with van der Waals surface area (Å²) < 4.78 is 0. The number of carbonyl (C=O) groups is 1. The summed E-state index contributed by atoms with van der Waals surface area (Å²) in [6, 6.07) is 17.1. The molecule has 0 radical (unpaired) electrons. The van der Waals surface area contributed by atoms with Gasteiger partial charge in [-0.1, -0.05) is 54.1 Å². The summed E-state index contributed by atoms with van der Waals surface area (Å²) in [7, 11) is 0. The molecular formula is C21H24N2O. The molecule has 0 saturated heterocycles. The Kier molecular flexibility index (Phi) is 3.89. The minimum absolute atomic E-state index is 0.179. The molecule has 3 nitrogen and oxygen atoms in total. The van der Waals surface area contributed by atoms with E-state index in [2.05, 4.69) is 66.1 Å². The van der Waals surface area contributed by atoms with Crippen LogP contribution in [0.3, 0.4) is 0 Å². The molecule has 1 amide bonds. The summed E-state index contributed by atoms with van der Waals surface area (Å²) >= 11 is 0. The van der Waals surface area contributed by atoms with Crippen molar-refractivity contribution in [2.75, 3.05) is 13.1 Å². The standard InChI is InChI=1S/C21H24N2O/c1-15-5-4-7-17(13-15)21(10-11-21)20(24)23-14-19-18-8-3-2-6-16(18)9-12-22-19/h2-8,13,19,22H,9-12,14H2,1H3,(H,23,24). The summed E-state index contributed by atoms with van der Waals surface area (Å²) in [6.45, 7) is 3.71. The van der Waals surface area contributed by atoms with Crippen LogP contribution in [0.4, 0.5) is 0 Å². The van der Waals surface area contributed by atoms with Crippen LogP contribution in [0.5, 0.6) is 0 Å². The first kappa shape index (κ1) is 15.4. The van der Waals surface area contributed by atoms with Crippen LogP contribution in [0.25, 0.3) is 0 Å². The van der Waals surface area contributed by atoms with Crippen LogP contribution in [0.1, 0.15) is 41.1 Å². The molecule has 0 bridgehead atoms. The molecule has 0 spiro atoms. The van der Waals surface area contributed by atoms with Crippen molar-refractivity contribution in [3.8, 4) is 0 Å². The number of carbonyl (C=O) groups excluding carboxylic acids is 1. The van der Waals surface area contributed by atoms with E-state index in [0.717, 1.165) is 31.4 Å². The lowest BCUT2D eigenvalue weighted by Crippen LogP contribution is -2.42. The second-order valence-corrected chi connectivity index (χ2v) is 7.12. The lowest BCUT2D eigenvalue weighted by molar-refractivity contribution is -0.123. The number of fused-ring (bicyclic) bond motifs is 1. The van der Waals surface area contributed by atoms with Crippen molar-refractivity contribution in [2.45, 2.75) is 37.6 Å². The normalized spacial score (nSPS) is 21.0. The van der Waals surface area contributed by atoms with Crippen molar-refractivity contribution in [1.82, 2.24) is 10.6 Å². The minimum Gasteiger partial charge on any atom is -0.353 e. The van der Waals surface area contributed by atoms with Crippen molar-refractivity contribution in [2.24, 2.45) is 0 Å². The van der Waals surface area contributed by atoms with Crippen molar-refractivity contribution < 1.29 is 4.79 Å². The van der Waals surface area contributed by atoms with Crippen LogP contribution in [-0.4, -0.2) is 19.0 Å². The van der Waals surface area contributed by atoms with Crippen LogP contribution in [0.15, 0.2) is 48.5 Å². The molecule has 1 aliphatic heterocycles. The molecule has 1 fully saturated rings. The van der Waals surface area contributed by atoms with Crippen molar-refractivity contribution in [3.05, 3.63) is 70.8 Å². The van der Waals surface area contributed by atoms with Gasteiger partial charge < -0.3 is 10.6 Å². The first-order chi connectivity index (χ1) is 11.7. The topological polar surface area (TPSA) is 41.1 Å². The zero-order chi connectivity index (χ0) is 16.6. The number of rotatable bonds is 4. The second-order valence-electron chi connectivity index (χ2n) is 7.12. The minimum atomic E-state index is -0.291. The number of aryl methyl sites for hydroxylation is 1. The molecule has 2 aromatic carbocycles. The fourth-order valence-corrected chi connectivity index (χ4v) is 3.85. The van der Waals surface area contributed by atoms with E-state index < -0.39 is 0 Å². The predicted molar refractivity (Wildman–Crippen MR) is 96.0 cm³/mol. The van der Waals surface area contributed by atoms with Gasteiger partial charge in [-0.15, -0.1) is 0 Å². The van der Waals surface area contributed by atoms with E-state index in [1.807, 2.05) is 0 Å². The lowest BCUT2D eigenvalue weighted by Gasteiger charge is -2.28. The first-order valence-electron chi connectivity index (χ1n) is 8.86. The van der Waals surface area contributed by atoms with E-state index in [9.17, 15) is 4.79 Å². The molecule has 2 N–H and O–H groups in total. The van der Waals surface area contributed by atoms with Gasteiger partial charge in [0.2, 0.25) is 5.91 Å². The molecule has 1 unspecified atom stereocenters. The summed E-state index contributed by atoms with van der Waals surface area (Å²) in [5.74, 6) is 0.179. The maximum Gasteiger partial charge on any atom is 0.230 e. The third kappa shape index (κ3) is 2.73. The van der Waals surface area contributed by atoms with Gasteiger partial charge in [-0.05, 0) is 49.4 Å². The molecule has 0 aromatic heterocycles. The van der Waals surface area contributed by atoms with Gasteiger partial charge in [0, 0.05) is 12.6 Å². The van der Waals surface area contributed by atoms with Gasteiger partial charge >= 0.3 is 0 Å². The summed E-state index contributed by atoms with van der Waals surface area (Å²) in [5.41, 5.74) is 4.81. The van der Waals surface area contributed by atoms with Crippen molar-refractivity contribution in [1.29, 1.82) is 0 Å². The van der Waals surface area contributed by atoms with Gasteiger partial charge in [0.05, 0.1) is 5.41 Å². The zero-order valence-corrected chi connectivity index (χ0v) is 14.1. The SMILES string of the molecule is Cc1cccc(C2(C(=O)NCC3NCCc4ccccc43)CC2)c1. The second kappa shape index (κ2) is 6.06. The van der Waals surface area contributed by atoms with Gasteiger partial charge in [-0.25, -0.2) is 0 Å². The Morgan fingerprint density at radius 1 is 1.21 bits per heavy atom. The highest BCUT2D eigenvalue weighted by molar-refractivity contribution is 5.91. The van der Waals surface area contributed by atoms with E-state index in [1.165, 1.54) is 16.7 Å². The Bertz CT molecular complexity index is 764. The molecule has 1 heterocycles. The average Bonchev–Trinajstić information content (AvgIpc) is 3.41. The molecule has 2 aliphatic rings. The van der Waals surface area contributed by atoms with Crippen LogP contribution in [-0.2, 0) is 16.6 Å². The Balaban J connectivity index is 1.46. The number of hydrogen-bond donors (Lipinski definition) is 2. The zero-order valence-electron chi connectivity index (χ0n) is 14.1. The van der Waals surface area contributed by atoms with Gasteiger partial charge in [0.25, 0.3) is 0 Å². The molecular weight excluding hydrogens is 296 g/mol. The van der Waals surface area contributed by atoms with E-state index in [-0.39, 0.29) is 17.4 Å². The largest absolute Gasteiger partial charge is 0.353 e. The van der Waals surface area contributed by atoms with Gasteiger partial charge in [0.1, 0.15) is 0 Å². The highest BCUT2D eigenvalue weighted by Gasteiger charge is 2.51. The van der Waals surface area contributed by atoms with E-state index in [1.54, 1.807) is 0 Å². The quantitative estimate of drug-likeness (QED) is 0.909. The fraction of sp³-hybridized carbons (Fsp3) is 0.381. The third-order valence-electron chi connectivity index (χ3n) is 5.44. The Morgan fingerprint density at radius 3 is 2.83 bits per heavy atom. The van der Waals surface area contributed by atoms with E-state index in [0.29, 0.717) is 6.54 Å². The molecule has 3 heteroatoms. The van der Waals surface area contributed by atoms with Gasteiger partial charge in [-0.3, -0.25) is 4.79 Å². The predicted octanol–water partition coefficient (Wildman–Crippen LogP) is 3.03. The van der Waals surface area contributed by atoms with E-state index >= 15 is 0 Å². The van der Waals surface area contributed by atoms with Gasteiger partial charge in [0.15, 0.2) is 0 Å². The number of hydrogen-bond acceptors (Lipinski definition) is 2. The van der Waals surface area contributed by atoms with Crippen LogP contribution >= 0.6 is 0 Å². The van der Waals surface area contributed by atoms with Crippen molar-refractivity contribution >= 4 is 5.91 Å². The van der Waals surface area contributed by atoms with Gasteiger partial charge in [-0.2, -0.15) is 0 Å². The van der Waals surface area contributed by atoms with Crippen LogP contribution < -0.4 is 10.6 Å². The fourth-order valence-electron chi connectivity index (χ4n) is 3.85. The Labute approximate surface area is 143 Å². The van der Waals surface area contributed by atoms with E-state index in [4.69, 9.17) is 0 Å². The maximum absolute atomic E-state index is 12.9. The molecule has 1 saturated carbocycles. The summed E-state index contributed by atoms with van der Waals surface area (Å²) in [4.78, 5) is 12.9. The number of nitrogens with one attached hydrogen (secondary N) is 2. The number of amides is 1. The highest BCUT2D eigenvalue weighted by atomic mass is 16.2. The average molecular weight is 320 g/mol. The smallest absolute Gasteiger partial charge is 0.230 e. The molecule has 2 aromatic rings. The monoisotopic (exact) mass is 320 g/mol. The van der Waals surface area contributed by atoms with Crippen molar-refractivity contribution in [3.63, 3.8) is 0 Å². The first-order valence-corrected chi connectivity index (χ1v) is 8.86. The Morgan fingerprint density at radius 2 is 2.04 bits per heavy atom. The van der Waals surface area contributed by atoms with Crippen LogP contribution in [0.2, 0.25) is 0 Å². The summed E-state index contributed by atoms with van der Waals surface area (Å²) in [6.07, 6.45) is 2.97. The highest BCUT2D eigenvalue weighted by Crippen LogP contribution is 2.48. The Hall–Kier alpha value is -2.13. The number of benzene rings is 2. The molecule has 4 rings (SSSR count). The third-order valence-corrected chi connectivity index (χ3v) is 5.44. The molecule has 124 valence electrons. The molecule has 1 aliphatic carbocycles. The maximum atomic E-state index is 12.9.